The van der Waals surface area contributed by atoms with Crippen molar-refractivity contribution in [3.63, 3.8) is 0 Å². The molecule has 2 heteroatoms. The maximum atomic E-state index is 12.4. The van der Waals surface area contributed by atoms with Gasteiger partial charge in [-0.1, -0.05) is 44.2 Å². The van der Waals surface area contributed by atoms with E-state index < -0.39 is 0 Å². The van der Waals surface area contributed by atoms with Crippen LogP contribution in [0.5, 0.6) is 0 Å². The van der Waals surface area contributed by atoms with E-state index in [1.165, 1.54) is 0 Å². The Kier molecular flexibility index (Phi) is 3.98. The van der Waals surface area contributed by atoms with Gasteiger partial charge in [0.25, 0.3) is 0 Å². The van der Waals surface area contributed by atoms with Crippen molar-refractivity contribution in [1.82, 2.24) is 0 Å². The highest BCUT2D eigenvalue weighted by Gasteiger charge is 2.22. The van der Waals surface area contributed by atoms with Crippen molar-refractivity contribution in [2.75, 3.05) is 0 Å². The molecule has 0 bridgehead atoms. The Labute approximate surface area is 108 Å². The first-order chi connectivity index (χ1) is 8.76. The van der Waals surface area contributed by atoms with Gasteiger partial charge in [-0.05, 0) is 24.1 Å². The molecule has 0 radical (unpaired) electrons. The number of hydrogen-bond acceptors (Lipinski definition) is 2. The maximum Gasteiger partial charge on any atom is 0.205 e. The first kappa shape index (κ1) is 12.6. The molecule has 2 aromatic rings. The van der Waals surface area contributed by atoms with E-state index in [9.17, 15) is 4.79 Å². The number of hydrogen-bond donors (Lipinski definition) is 0. The van der Waals surface area contributed by atoms with Crippen LogP contribution >= 0.6 is 0 Å². The van der Waals surface area contributed by atoms with E-state index in [0.29, 0.717) is 5.76 Å². The lowest BCUT2D eigenvalue weighted by Crippen LogP contribution is -2.11. The van der Waals surface area contributed by atoms with Gasteiger partial charge in [0.1, 0.15) is 5.76 Å². The van der Waals surface area contributed by atoms with E-state index in [1.54, 1.807) is 6.07 Å². The van der Waals surface area contributed by atoms with Crippen LogP contribution in [-0.4, -0.2) is 5.78 Å². The van der Waals surface area contributed by atoms with Crippen molar-refractivity contribution >= 4 is 5.78 Å². The van der Waals surface area contributed by atoms with Gasteiger partial charge >= 0.3 is 0 Å². The molecule has 1 atom stereocenters. The van der Waals surface area contributed by atoms with Gasteiger partial charge in [-0.3, -0.25) is 4.79 Å². The molecule has 0 fully saturated rings. The summed E-state index contributed by atoms with van der Waals surface area (Å²) in [5.74, 6) is 1.30. The van der Waals surface area contributed by atoms with Gasteiger partial charge in [-0.2, -0.15) is 0 Å². The minimum absolute atomic E-state index is 0.0726. The minimum Gasteiger partial charge on any atom is -0.458 e. The lowest BCUT2D eigenvalue weighted by Gasteiger charge is -2.12. The van der Waals surface area contributed by atoms with E-state index in [4.69, 9.17) is 4.42 Å². The molecule has 2 nitrogen and oxygen atoms in total. The Morgan fingerprint density at radius 2 is 1.83 bits per heavy atom. The zero-order chi connectivity index (χ0) is 13.0. The normalized spacial score (nSPS) is 12.3. The molecule has 0 spiro atoms. The number of carbonyl (C=O) groups excluding carboxylic acids is 1. The second kappa shape index (κ2) is 5.67. The zero-order valence-electron chi connectivity index (χ0n) is 10.8. The number of Topliss-reactive ketones (excluding diaryl/α,β-unsaturated/α-hetero) is 1. The molecule has 1 aromatic heterocycles. The SMILES string of the molecule is CCc1ccc(C(=O)C(CC)c2ccccc2)o1. The second-order valence-electron chi connectivity index (χ2n) is 4.36. The monoisotopic (exact) mass is 242 g/mol. The number of furan rings is 1. The summed E-state index contributed by atoms with van der Waals surface area (Å²) in [5.41, 5.74) is 1.06. The largest absolute Gasteiger partial charge is 0.458 e. The average Bonchev–Trinajstić information content (AvgIpc) is 2.89. The number of aryl methyl sites for hydroxylation is 1. The molecule has 2 rings (SSSR count). The number of benzene rings is 1. The minimum atomic E-state index is -0.109. The Morgan fingerprint density at radius 1 is 1.11 bits per heavy atom. The van der Waals surface area contributed by atoms with E-state index in [0.717, 1.165) is 24.2 Å². The Morgan fingerprint density at radius 3 is 2.39 bits per heavy atom. The molecule has 0 N–H and O–H groups in total. The Hall–Kier alpha value is -1.83. The van der Waals surface area contributed by atoms with Gasteiger partial charge in [-0.15, -0.1) is 0 Å². The summed E-state index contributed by atoms with van der Waals surface area (Å²) in [6, 6.07) is 13.5. The molecule has 1 aromatic carbocycles. The lowest BCUT2D eigenvalue weighted by molar-refractivity contribution is 0.0928. The predicted octanol–water partition coefficient (Wildman–Crippen LogP) is 4.22. The summed E-state index contributed by atoms with van der Waals surface area (Å²) in [4.78, 5) is 12.4. The van der Waals surface area contributed by atoms with Crippen LogP contribution < -0.4 is 0 Å². The van der Waals surface area contributed by atoms with Crippen LogP contribution in [0, 0.1) is 0 Å². The highest BCUT2D eigenvalue weighted by atomic mass is 16.3. The van der Waals surface area contributed by atoms with Crippen molar-refractivity contribution in [3.05, 3.63) is 59.5 Å². The fraction of sp³-hybridized carbons (Fsp3) is 0.312. The third kappa shape index (κ3) is 2.53. The summed E-state index contributed by atoms with van der Waals surface area (Å²) in [5, 5.41) is 0. The fourth-order valence-corrected chi connectivity index (χ4v) is 2.13. The Bertz CT molecular complexity index is 511. The smallest absolute Gasteiger partial charge is 0.205 e. The molecule has 0 amide bonds. The van der Waals surface area contributed by atoms with Gasteiger partial charge in [0, 0.05) is 6.42 Å². The summed E-state index contributed by atoms with van der Waals surface area (Å²) < 4.78 is 5.55. The summed E-state index contributed by atoms with van der Waals surface area (Å²) in [7, 11) is 0. The van der Waals surface area contributed by atoms with Crippen molar-refractivity contribution < 1.29 is 9.21 Å². The summed E-state index contributed by atoms with van der Waals surface area (Å²) in [6.07, 6.45) is 1.60. The molecule has 0 aliphatic heterocycles. The maximum absolute atomic E-state index is 12.4. The number of ketones is 1. The topological polar surface area (TPSA) is 30.2 Å². The van der Waals surface area contributed by atoms with E-state index >= 15 is 0 Å². The molecule has 1 unspecified atom stereocenters. The summed E-state index contributed by atoms with van der Waals surface area (Å²) >= 11 is 0. The van der Waals surface area contributed by atoms with Crippen LogP contribution in [0.2, 0.25) is 0 Å². The van der Waals surface area contributed by atoms with Crippen molar-refractivity contribution in [2.24, 2.45) is 0 Å². The van der Waals surface area contributed by atoms with Crippen molar-refractivity contribution in [2.45, 2.75) is 32.6 Å². The average molecular weight is 242 g/mol. The predicted molar refractivity (Wildman–Crippen MR) is 71.9 cm³/mol. The van der Waals surface area contributed by atoms with Crippen LogP contribution in [-0.2, 0) is 6.42 Å². The highest BCUT2D eigenvalue weighted by molar-refractivity contribution is 5.98. The van der Waals surface area contributed by atoms with E-state index in [2.05, 4.69) is 0 Å². The Balaban J connectivity index is 2.25. The standard InChI is InChI=1S/C16H18O2/c1-3-13-10-11-15(18-13)16(17)14(4-2)12-8-6-5-7-9-12/h5-11,14H,3-4H2,1-2H3. The number of carbonyl (C=O) groups is 1. The van der Waals surface area contributed by atoms with Crippen LogP contribution in [0.3, 0.4) is 0 Å². The second-order valence-corrected chi connectivity index (χ2v) is 4.36. The molecule has 94 valence electrons. The zero-order valence-corrected chi connectivity index (χ0v) is 10.8. The van der Waals surface area contributed by atoms with E-state index in [1.807, 2.05) is 50.2 Å². The highest BCUT2D eigenvalue weighted by Crippen LogP contribution is 2.25. The lowest BCUT2D eigenvalue weighted by atomic mass is 9.91. The number of rotatable bonds is 5. The molecular formula is C16H18O2. The summed E-state index contributed by atoms with van der Waals surface area (Å²) in [6.45, 7) is 4.04. The molecule has 18 heavy (non-hydrogen) atoms. The quantitative estimate of drug-likeness (QED) is 0.735. The van der Waals surface area contributed by atoms with Gasteiger partial charge in [0.2, 0.25) is 5.78 Å². The molecule has 0 saturated carbocycles. The first-order valence-corrected chi connectivity index (χ1v) is 6.44. The van der Waals surface area contributed by atoms with Crippen LogP contribution in [0.15, 0.2) is 46.9 Å². The molecule has 1 heterocycles. The fourth-order valence-electron chi connectivity index (χ4n) is 2.13. The van der Waals surface area contributed by atoms with Crippen LogP contribution in [0.25, 0.3) is 0 Å². The molecule has 0 aliphatic carbocycles. The van der Waals surface area contributed by atoms with Gasteiger partial charge < -0.3 is 4.42 Å². The van der Waals surface area contributed by atoms with Crippen molar-refractivity contribution in [3.8, 4) is 0 Å². The third-order valence-corrected chi connectivity index (χ3v) is 3.18. The van der Waals surface area contributed by atoms with E-state index in [-0.39, 0.29) is 11.7 Å². The van der Waals surface area contributed by atoms with Crippen LogP contribution in [0.1, 0.15) is 48.1 Å². The molecular weight excluding hydrogens is 224 g/mol. The molecule has 0 aliphatic rings. The van der Waals surface area contributed by atoms with Gasteiger partial charge in [0.05, 0.1) is 5.92 Å². The first-order valence-electron chi connectivity index (χ1n) is 6.44. The van der Waals surface area contributed by atoms with Crippen molar-refractivity contribution in [1.29, 1.82) is 0 Å². The molecule has 0 saturated heterocycles. The van der Waals surface area contributed by atoms with Gasteiger partial charge in [0.15, 0.2) is 5.76 Å². The van der Waals surface area contributed by atoms with Gasteiger partial charge in [-0.25, -0.2) is 0 Å². The van der Waals surface area contributed by atoms with Crippen LogP contribution in [0.4, 0.5) is 0 Å². The third-order valence-electron chi connectivity index (χ3n) is 3.18.